The molecule has 1 aromatic carbocycles. The highest BCUT2D eigenvalue weighted by atomic mass is 79.9. The van der Waals surface area contributed by atoms with Gasteiger partial charge in [0.15, 0.2) is 0 Å². The lowest BCUT2D eigenvalue weighted by molar-refractivity contribution is -0.0709. The topological polar surface area (TPSA) is 21.3 Å². The van der Waals surface area contributed by atoms with Crippen LogP contribution in [0.25, 0.3) is 0 Å². The van der Waals surface area contributed by atoms with Gasteiger partial charge in [-0.05, 0) is 70.2 Å². The Morgan fingerprint density at radius 2 is 2.06 bits per heavy atom. The zero-order valence-electron chi connectivity index (χ0n) is 10.8. The third kappa shape index (κ3) is 3.28. The van der Waals surface area contributed by atoms with E-state index in [-0.39, 0.29) is 5.60 Å². The van der Waals surface area contributed by atoms with Crippen LogP contribution in [0.15, 0.2) is 27.1 Å². The SMILES string of the molecule is CCC1(C)CC(Nc2c(Br)cccc2Br)CCO1. The van der Waals surface area contributed by atoms with Crippen molar-refractivity contribution in [1.29, 1.82) is 0 Å². The molecule has 0 aromatic heterocycles. The van der Waals surface area contributed by atoms with Gasteiger partial charge in [0, 0.05) is 21.6 Å². The van der Waals surface area contributed by atoms with Crippen LogP contribution in [0.1, 0.15) is 33.1 Å². The number of benzene rings is 1. The number of hydrogen-bond donors (Lipinski definition) is 1. The third-order valence-electron chi connectivity index (χ3n) is 3.65. The van der Waals surface area contributed by atoms with Crippen LogP contribution in [-0.4, -0.2) is 18.2 Å². The van der Waals surface area contributed by atoms with Gasteiger partial charge in [-0.2, -0.15) is 0 Å². The van der Waals surface area contributed by atoms with Crippen molar-refractivity contribution in [1.82, 2.24) is 0 Å². The van der Waals surface area contributed by atoms with Crippen LogP contribution in [-0.2, 0) is 4.74 Å². The molecule has 18 heavy (non-hydrogen) atoms. The number of ether oxygens (including phenoxy) is 1. The van der Waals surface area contributed by atoms with E-state index in [1.807, 2.05) is 6.07 Å². The Bertz CT molecular complexity index is 404. The van der Waals surface area contributed by atoms with Crippen LogP contribution in [0.2, 0.25) is 0 Å². The summed E-state index contributed by atoms with van der Waals surface area (Å²) in [5.74, 6) is 0. The van der Waals surface area contributed by atoms with Crippen molar-refractivity contribution in [3.05, 3.63) is 27.1 Å². The highest BCUT2D eigenvalue weighted by Crippen LogP contribution is 2.35. The average Bonchev–Trinajstić information content (AvgIpc) is 2.34. The summed E-state index contributed by atoms with van der Waals surface area (Å²) in [7, 11) is 0. The smallest absolute Gasteiger partial charge is 0.0671 e. The van der Waals surface area contributed by atoms with Crippen molar-refractivity contribution < 1.29 is 4.74 Å². The van der Waals surface area contributed by atoms with Gasteiger partial charge in [-0.3, -0.25) is 0 Å². The molecule has 4 heteroatoms. The highest BCUT2D eigenvalue weighted by Gasteiger charge is 2.31. The van der Waals surface area contributed by atoms with E-state index in [1.54, 1.807) is 0 Å². The molecule has 1 aliphatic rings. The van der Waals surface area contributed by atoms with Gasteiger partial charge < -0.3 is 10.1 Å². The molecule has 0 radical (unpaired) electrons. The summed E-state index contributed by atoms with van der Waals surface area (Å²) in [6.45, 7) is 5.23. The first-order valence-corrected chi connectivity index (χ1v) is 7.97. The summed E-state index contributed by atoms with van der Waals surface area (Å²) < 4.78 is 8.08. The van der Waals surface area contributed by atoms with E-state index in [4.69, 9.17) is 4.74 Å². The summed E-state index contributed by atoms with van der Waals surface area (Å²) in [6, 6.07) is 6.62. The fraction of sp³-hybridized carbons (Fsp3) is 0.571. The van der Waals surface area contributed by atoms with Crippen molar-refractivity contribution in [2.75, 3.05) is 11.9 Å². The standard InChI is InChI=1S/C14H19Br2NO/c1-3-14(2)9-10(7-8-18-14)17-13-11(15)5-4-6-12(13)16/h4-6,10,17H,3,7-9H2,1-2H3. The number of hydrogen-bond acceptors (Lipinski definition) is 2. The normalized spacial score (nSPS) is 28.1. The minimum Gasteiger partial charge on any atom is -0.380 e. The minimum atomic E-state index is 0.0175. The second-order valence-electron chi connectivity index (χ2n) is 5.08. The predicted octanol–water partition coefficient (Wildman–Crippen LogP) is 4.97. The zero-order valence-corrected chi connectivity index (χ0v) is 14.0. The van der Waals surface area contributed by atoms with Crippen molar-refractivity contribution in [3.63, 3.8) is 0 Å². The van der Waals surface area contributed by atoms with E-state index in [9.17, 15) is 0 Å². The quantitative estimate of drug-likeness (QED) is 0.803. The predicted molar refractivity (Wildman–Crippen MR) is 83.1 cm³/mol. The lowest BCUT2D eigenvalue weighted by Gasteiger charge is -2.38. The van der Waals surface area contributed by atoms with Crippen LogP contribution < -0.4 is 5.32 Å². The first-order valence-electron chi connectivity index (χ1n) is 6.38. The van der Waals surface area contributed by atoms with Gasteiger partial charge in [0.1, 0.15) is 0 Å². The summed E-state index contributed by atoms with van der Waals surface area (Å²) in [5.41, 5.74) is 1.16. The van der Waals surface area contributed by atoms with Crippen molar-refractivity contribution in [2.24, 2.45) is 0 Å². The van der Waals surface area contributed by atoms with E-state index in [1.165, 1.54) is 0 Å². The van der Waals surface area contributed by atoms with Crippen LogP contribution in [0, 0.1) is 0 Å². The van der Waals surface area contributed by atoms with Crippen molar-refractivity contribution >= 4 is 37.5 Å². The van der Waals surface area contributed by atoms with Gasteiger partial charge in [0.05, 0.1) is 11.3 Å². The molecule has 1 N–H and O–H groups in total. The summed E-state index contributed by atoms with van der Waals surface area (Å²) in [5, 5.41) is 3.63. The lowest BCUT2D eigenvalue weighted by Crippen LogP contribution is -2.41. The Kier molecular flexibility index (Phi) is 4.73. The van der Waals surface area contributed by atoms with Gasteiger partial charge >= 0.3 is 0 Å². The molecule has 100 valence electrons. The minimum absolute atomic E-state index is 0.0175. The van der Waals surface area contributed by atoms with Gasteiger partial charge in [-0.1, -0.05) is 13.0 Å². The molecule has 1 aliphatic heterocycles. The third-order valence-corrected chi connectivity index (χ3v) is 4.98. The summed E-state index contributed by atoms with van der Waals surface area (Å²) in [6.07, 6.45) is 3.17. The first-order chi connectivity index (χ1) is 8.54. The number of para-hydroxylation sites is 1. The fourth-order valence-corrected chi connectivity index (χ4v) is 3.57. The molecule has 1 saturated heterocycles. The zero-order chi connectivity index (χ0) is 13.2. The second kappa shape index (κ2) is 5.93. The highest BCUT2D eigenvalue weighted by molar-refractivity contribution is 9.11. The molecule has 2 nitrogen and oxygen atoms in total. The Morgan fingerprint density at radius 3 is 2.67 bits per heavy atom. The van der Waals surface area contributed by atoms with Gasteiger partial charge in [-0.15, -0.1) is 0 Å². The largest absolute Gasteiger partial charge is 0.380 e. The molecule has 0 bridgehead atoms. The monoisotopic (exact) mass is 375 g/mol. The van der Waals surface area contributed by atoms with Crippen LogP contribution in [0.4, 0.5) is 5.69 Å². The molecule has 0 amide bonds. The number of rotatable bonds is 3. The van der Waals surface area contributed by atoms with Gasteiger partial charge in [0.25, 0.3) is 0 Å². The molecule has 0 saturated carbocycles. The molecule has 0 aliphatic carbocycles. The number of nitrogens with one attached hydrogen (secondary N) is 1. The lowest BCUT2D eigenvalue weighted by atomic mass is 9.90. The molecule has 2 rings (SSSR count). The molecular formula is C14H19Br2NO. The molecular weight excluding hydrogens is 358 g/mol. The number of anilines is 1. The maximum absolute atomic E-state index is 5.88. The van der Waals surface area contributed by atoms with Gasteiger partial charge in [-0.25, -0.2) is 0 Å². The first kappa shape index (κ1) is 14.4. The fourth-order valence-electron chi connectivity index (χ4n) is 2.34. The Hall–Kier alpha value is -0.0600. The van der Waals surface area contributed by atoms with E-state index in [0.717, 1.165) is 40.5 Å². The van der Waals surface area contributed by atoms with Gasteiger partial charge in [0.2, 0.25) is 0 Å². The van der Waals surface area contributed by atoms with Crippen LogP contribution in [0.5, 0.6) is 0 Å². The van der Waals surface area contributed by atoms with E-state index in [2.05, 4.69) is 63.2 Å². The summed E-state index contributed by atoms with van der Waals surface area (Å²) >= 11 is 7.19. The molecule has 1 fully saturated rings. The second-order valence-corrected chi connectivity index (χ2v) is 6.79. The van der Waals surface area contributed by atoms with Crippen molar-refractivity contribution in [3.8, 4) is 0 Å². The average molecular weight is 377 g/mol. The van der Waals surface area contributed by atoms with E-state index >= 15 is 0 Å². The van der Waals surface area contributed by atoms with Crippen molar-refractivity contribution in [2.45, 2.75) is 44.8 Å². The molecule has 1 heterocycles. The Morgan fingerprint density at radius 1 is 1.39 bits per heavy atom. The Labute approximate surface area is 126 Å². The van der Waals surface area contributed by atoms with E-state index in [0.29, 0.717) is 6.04 Å². The molecule has 1 aromatic rings. The maximum atomic E-state index is 5.88. The van der Waals surface area contributed by atoms with E-state index < -0.39 is 0 Å². The maximum Gasteiger partial charge on any atom is 0.0671 e. The molecule has 2 unspecified atom stereocenters. The number of halogens is 2. The Balaban J connectivity index is 2.10. The molecule has 0 spiro atoms. The molecule has 2 atom stereocenters. The van der Waals surface area contributed by atoms with Crippen LogP contribution in [0.3, 0.4) is 0 Å². The van der Waals surface area contributed by atoms with Crippen LogP contribution >= 0.6 is 31.9 Å². The summed E-state index contributed by atoms with van der Waals surface area (Å²) in [4.78, 5) is 0.